The molecule has 0 aromatic heterocycles. The molecule has 0 unspecified atom stereocenters. The molecule has 0 atom stereocenters. The minimum absolute atomic E-state index is 0.0109. The molecule has 3 rings (SSSR count). The second-order valence-corrected chi connectivity index (χ2v) is 8.74. The van der Waals surface area contributed by atoms with E-state index in [4.69, 9.17) is 4.74 Å². The molecule has 3 heteroatoms. The fraction of sp³-hybridized carbons (Fsp3) is 0.556. The van der Waals surface area contributed by atoms with Crippen molar-refractivity contribution in [1.82, 2.24) is 0 Å². The van der Waals surface area contributed by atoms with Crippen LogP contribution in [-0.4, -0.2) is 6.61 Å². The SMILES string of the molecule is CCCCCC1CCC(c2ccc(CCc3ccc(OCC)c(F)c3F)cc2)CC1. The van der Waals surface area contributed by atoms with Gasteiger partial charge in [0.1, 0.15) is 0 Å². The van der Waals surface area contributed by atoms with Gasteiger partial charge in [0.2, 0.25) is 5.82 Å². The summed E-state index contributed by atoms with van der Waals surface area (Å²) in [5.74, 6) is -0.0675. The summed E-state index contributed by atoms with van der Waals surface area (Å²) in [6.45, 7) is 4.35. The molecule has 0 aliphatic heterocycles. The van der Waals surface area contributed by atoms with Crippen LogP contribution in [-0.2, 0) is 12.8 Å². The Morgan fingerprint density at radius 3 is 2.23 bits per heavy atom. The van der Waals surface area contributed by atoms with E-state index in [1.54, 1.807) is 13.0 Å². The molecule has 1 saturated carbocycles. The molecule has 0 spiro atoms. The maximum Gasteiger partial charge on any atom is 0.200 e. The van der Waals surface area contributed by atoms with Gasteiger partial charge < -0.3 is 4.74 Å². The third-order valence-electron chi connectivity index (χ3n) is 6.62. The van der Waals surface area contributed by atoms with Gasteiger partial charge in [-0.25, -0.2) is 4.39 Å². The summed E-state index contributed by atoms with van der Waals surface area (Å²) in [7, 11) is 0. The van der Waals surface area contributed by atoms with E-state index in [0.717, 1.165) is 5.92 Å². The number of benzene rings is 2. The average molecular weight is 415 g/mol. The average Bonchev–Trinajstić information content (AvgIpc) is 2.78. The number of hydrogen-bond acceptors (Lipinski definition) is 1. The van der Waals surface area contributed by atoms with Crippen molar-refractivity contribution in [2.75, 3.05) is 6.61 Å². The molecule has 1 nitrogen and oxygen atoms in total. The summed E-state index contributed by atoms with van der Waals surface area (Å²) in [6.07, 6.45) is 12.0. The third kappa shape index (κ3) is 6.06. The monoisotopic (exact) mass is 414 g/mol. The van der Waals surface area contributed by atoms with Gasteiger partial charge in [-0.05, 0) is 80.0 Å². The molecule has 2 aromatic rings. The topological polar surface area (TPSA) is 9.23 Å². The summed E-state index contributed by atoms with van der Waals surface area (Å²) >= 11 is 0. The highest BCUT2D eigenvalue weighted by Gasteiger charge is 2.22. The van der Waals surface area contributed by atoms with E-state index < -0.39 is 11.6 Å². The highest BCUT2D eigenvalue weighted by molar-refractivity contribution is 5.32. The van der Waals surface area contributed by atoms with Crippen LogP contribution in [0, 0.1) is 17.6 Å². The predicted molar refractivity (Wildman–Crippen MR) is 120 cm³/mol. The summed E-state index contributed by atoms with van der Waals surface area (Å²) in [5.41, 5.74) is 3.01. The van der Waals surface area contributed by atoms with Crippen molar-refractivity contribution in [3.8, 4) is 5.75 Å². The molecule has 1 aliphatic carbocycles. The Morgan fingerprint density at radius 2 is 1.57 bits per heavy atom. The molecule has 0 bridgehead atoms. The lowest BCUT2D eigenvalue weighted by Gasteiger charge is -2.29. The Hall–Kier alpha value is -1.90. The van der Waals surface area contributed by atoms with Crippen molar-refractivity contribution >= 4 is 0 Å². The van der Waals surface area contributed by atoms with Gasteiger partial charge in [-0.2, -0.15) is 4.39 Å². The first-order valence-electron chi connectivity index (χ1n) is 11.8. The van der Waals surface area contributed by atoms with E-state index in [-0.39, 0.29) is 5.75 Å². The first kappa shape index (κ1) is 22.8. The zero-order valence-electron chi connectivity index (χ0n) is 18.6. The van der Waals surface area contributed by atoms with Gasteiger partial charge in [0.25, 0.3) is 0 Å². The van der Waals surface area contributed by atoms with Gasteiger partial charge in [0.05, 0.1) is 6.61 Å². The smallest absolute Gasteiger partial charge is 0.200 e. The van der Waals surface area contributed by atoms with Gasteiger partial charge >= 0.3 is 0 Å². The van der Waals surface area contributed by atoms with Crippen LogP contribution in [0.5, 0.6) is 5.75 Å². The van der Waals surface area contributed by atoms with Crippen LogP contribution in [0.2, 0.25) is 0 Å². The minimum Gasteiger partial charge on any atom is -0.491 e. The van der Waals surface area contributed by atoms with E-state index in [0.29, 0.717) is 30.9 Å². The van der Waals surface area contributed by atoms with Crippen molar-refractivity contribution in [3.05, 3.63) is 64.7 Å². The van der Waals surface area contributed by atoms with Gasteiger partial charge in [-0.15, -0.1) is 0 Å². The number of hydrogen-bond donors (Lipinski definition) is 0. The molecule has 0 saturated heterocycles. The Kier molecular flexibility index (Phi) is 8.72. The molecule has 0 amide bonds. The minimum atomic E-state index is -0.880. The highest BCUT2D eigenvalue weighted by atomic mass is 19.2. The summed E-state index contributed by atoms with van der Waals surface area (Å²) in [5, 5.41) is 0. The molecule has 164 valence electrons. The molecule has 1 aliphatic rings. The normalized spacial score (nSPS) is 19.1. The second-order valence-electron chi connectivity index (χ2n) is 8.74. The van der Waals surface area contributed by atoms with Crippen molar-refractivity contribution in [3.63, 3.8) is 0 Å². The van der Waals surface area contributed by atoms with Crippen molar-refractivity contribution in [2.45, 2.75) is 84.0 Å². The van der Waals surface area contributed by atoms with Crippen molar-refractivity contribution in [1.29, 1.82) is 0 Å². The van der Waals surface area contributed by atoms with Gasteiger partial charge in [0, 0.05) is 0 Å². The molecule has 1 fully saturated rings. The lowest BCUT2D eigenvalue weighted by Crippen LogP contribution is -2.13. The Labute approximate surface area is 180 Å². The van der Waals surface area contributed by atoms with Crippen LogP contribution in [0.3, 0.4) is 0 Å². The number of halogens is 2. The Balaban J connectivity index is 1.50. The standard InChI is InChI=1S/C27H36F2O/c1-3-5-6-7-20-8-13-22(14-9-20)23-15-10-21(11-16-23)12-17-24-18-19-25(30-4-2)27(29)26(24)28/h10-11,15-16,18-20,22H,3-9,12-14,17H2,1-2H3. The van der Waals surface area contributed by atoms with Gasteiger partial charge in [-0.3, -0.25) is 0 Å². The van der Waals surface area contributed by atoms with E-state index >= 15 is 0 Å². The zero-order chi connectivity index (χ0) is 21.3. The lowest BCUT2D eigenvalue weighted by atomic mass is 9.77. The number of aryl methyl sites for hydroxylation is 2. The Bertz CT molecular complexity index is 776. The zero-order valence-corrected chi connectivity index (χ0v) is 18.6. The molecule has 0 N–H and O–H groups in total. The third-order valence-corrected chi connectivity index (χ3v) is 6.62. The molecule has 2 aromatic carbocycles. The summed E-state index contributed by atoms with van der Waals surface area (Å²) < 4.78 is 33.4. The largest absolute Gasteiger partial charge is 0.491 e. The van der Waals surface area contributed by atoms with Crippen LogP contribution in [0.15, 0.2) is 36.4 Å². The van der Waals surface area contributed by atoms with Crippen molar-refractivity contribution < 1.29 is 13.5 Å². The van der Waals surface area contributed by atoms with Crippen molar-refractivity contribution in [2.24, 2.45) is 5.92 Å². The van der Waals surface area contributed by atoms with E-state index in [1.165, 1.54) is 68.6 Å². The van der Waals surface area contributed by atoms with Crippen LogP contribution in [0.1, 0.15) is 87.8 Å². The summed E-state index contributed by atoms with van der Waals surface area (Å²) in [6, 6.07) is 12.0. The van der Waals surface area contributed by atoms with Gasteiger partial charge in [0.15, 0.2) is 11.6 Å². The van der Waals surface area contributed by atoms with Crippen LogP contribution in [0.4, 0.5) is 8.78 Å². The number of rotatable bonds is 10. The lowest BCUT2D eigenvalue weighted by molar-refractivity contribution is 0.303. The Morgan fingerprint density at radius 1 is 0.833 bits per heavy atom. The van der Waals surface area contributed by atoms with Crippen LogP contribution >= 0.6 is 0 Å². The van der Waals surface area contributed by atoms with Crippen LogP contribution < -0.4 is 4.74 Å². The summed E-state index contributed by atoms with van der Waals surface area (Å²) in [4.78, 5) is 0. The number of unbranched alkanes of at least 4 members (excludes halogenated alkanes) is 2. The maximum absolute atomic E-state index is 14.3. The quantitative estimate of drug-likeness (QED) is 0.358. The fourth-order valence-corrected chi connectivity index (χ4v) is 4.73. The van der Waals surface area contributed by atoms with E-state index in [2.05, 4.69) is 31.2 Å². The number of ether oxygens (including phenoxy) is 1. The van der Waals surface area contributed by atoms with Crippen LogP contribution in [0.25, 0.3) is 0 Å². The maximum atomic E-state index is 14.3. The molecule has 0 heterocycles. The molecular formula is C27H36F2O. The second kappa shape index (κ2) is 11.5. The van der Waals surface area contributed by atoms with E-state index in [9.17, 15) is 8.78 Å². The highest BCUT2D eigenvalue weighted by Crippen LogP contribution is 2.37. The van der Waals surface area contributed by atoms with E-state index in [1.807, 2.05) is 0 Å². The molecule has 0 radical (unpaired) electrons. The predicted octanol–water partition coefficient (Wildman–Crippen LogP) is 8.00. The molecular weight excluding hydrogens is 378 g/mol. The first-order chi connectivity index (χ1) is 14.6. The fourth-order valence-electron chi connectivity index (χ4n) is 4.73. The first-order valence-corrected chi connectivity index (χ1v) is 11.8. The van der Waals surface area contributed by atoms with Gasteiger partial charge in [-0.1, -0.05) is 62.9 Å². The molecule has 30 heavy (non-hydrogen) atoms.